The summed E-state index contributed by atoms with van der Waals surface area (Å²) in [6.07, 6.45) is 0. The van der Waals surface area contributed by atoms with Crippen molar-refractivity contribution < 1.29 is 14.3 Å². The number of thiazole rings is 1. The number of hydrogen-bond acceptors (Lipinski definition) is 7. The molecule has 0 aliphatic carbocycles. The van der Waals surface area contributed by atoms with E-state index in [1.807, 2.05) is 56.3 Å². The van der Waals surface area contributed by atoms with Gasteiger partial charge in [0.15, 0.2) is 11.5 Å². The molecule has 3 heterocycles. The first kappa shape index (κ1) is 17.8. The first-order chi connectivity index (χ1) is 14.1. The normalized spacial score (nSPS) is 18.6. The van der Waals surface area contributed by atoms with E-state index >= 15 is 0 Å². The number of hydrazone groups is 1. The maximum atomic E-state index is 13.1. The molecule has 2 aliphatic rings. The van der Waals surface area contributed by atoms with Crippen molar-refractivity contribution in [3.63, 3.8) is 0 Å². The van der Waals surface area contributed by atoms with Crippen LogP contribution in [0.4, 0.5) is 5.13 Å². The summed E-state index contributed by atoms with van der Waals surface area (Å²) in [5.74, 6) is 0.895. The van der Waals surface area contributed by atoms with Crippen molar-refractivity contribution in [1.29, 1.82) is 0 Å². The largest absolute Gasteiger partial charge is 0.454 e. The summed E-state index contributed by atoms with van der Waals surface area (Å²) < 4.78 is 11.8. The molecule has 0 bridgehead atoms. The minimum Gasteiger partial charge on any atom is -0.454 e. The predicted octanol–water partition coefficient (Wildman–Crippen LogP) is 4.02. The summed E-state index contributed by atoms with van der Waals surface area (Å²) in [5.41, 5.74) is 3.32. The van der Waals surface area contributed by atoms with Crippen LogP contribution in [0.2, 0.25) is 0 Å². The van der Waals surface area contributed by atoms with E-state index in [9.17, 15) is 4.79 Å². The van der Waals surface area contributed by atoms with Crippen LogP contribution < -0.4 is 14.5 Å². The number of fused-ring (bicyclic) bond motifs is 2. The number of benzene rings is 2. The average molecular weight is 406 g/mol. The van der Waals surface area contributed by atoms with E-state index < -0.39 is 5.92 Å². The van der Waals surface area contributed by atoms with Gasteiger partial charge in [0.05, 0.1) is 22.5 Å². The highest BCUT2D eigenvalue weighted by Crippen LogP contribution is 2.34. The summed E-state index contributed by atoms with van der Waals surface area (Å²) in [5, 5.41) is 6.46. The molecule has 1 amide bonds. The number of aliphatic imine (C=N–C) groups is 1. The lowest BCUT2D eigenvalue weighted by Crippen LogP contribution is -2.31. The van der Waals surface area contributed by atoms with Crippen LogP contribution in [0.15, 0.2) is 52.6 Å². The fraction of sp³-hybridized carbons (Fsp3) is 0.238. The Morgan fingerprint density at radius 1 is 1.24 bits per heavy atom. The fourth-order valence-corrected chi connectivity index (χ4v) is 4.40. The van der Waals surface area contributed by atoms with Gasteiger partial charge in [0, 0.05) is 5.71 Å². The molecule has 7 nitrogen and oxygen atoms in total. The van der Waals surface area contributed by atoms with Crippen LogP contribution in [-0.4, -0.2) is 29.1 Å². The van der Waals surface area contributed by atoms with Gasteiger partial charge in [-0.15, -0.1) is 0 Å². The molecule has 2 aromatic carbocycles. The number of aromatic nitrogens is 1. The molecule has 0 unspecified atom stereocenters. The second-order valence-corrected chi connectivity index (χ2v) is 7.94. The van der Waals surface area contributed by atoms with Gasteiger partial charge < -0.3 is 9.47 Å². The zero-order valence-electron chi connectivity index (χ0n) is 16.0. The van der Waals surface area contributed by atoms with Gasteiger partial charge in [0.2, 0.25) is 11.9 Å². The summed E-state index contributed by atoms with van der Waals surface area (Å²) in [4.78, 5) is 22.3. The van der Waals surface area contributed by atoms with Crippen molar-refractivity contribution in [2.75, 3.05) is 11.8 Å². The summed E-state index contributed by atoms with van der Waals surface area (Å²) in [7, 11) is 0. The van der Waals surface area contributed by atoms with Gasteiger partial charge in [-0.1, -0.05) is 29.5 Å². The molecular weight excluding hydrogens is 388 g/mol. The van der Waals surface area contributed by atoms with Crippen LogP contribution in [-0.2, 0) is 11.3 Å². The zero-order chi connectivity index (χ0) is 20.0. The van der Waals surface area contributed by atoms with Crippen LogP contribution in [0.3, 0.4) is 0 Å². The van der Waals surface area contributed by atoms with Crippen LogP contribution in [0.1, 0.15) is 19.4 Å². The lowest BCUT2D eigenvalue weighted by Gasteiger charge is -2.11. The van der Waals surface area contributed by atoms with Crippen molar-refractivity contribution in [1.82, 2.24) is 4.98 Å². The van der Waals surface area contributed by atoms with E-state index in [-0.39, 0.29) is 12.7 Å². The fourth-order valence-electron chi connectivity index (χ4n) is 3.48. The second kappa shape index (κ2) is 6.97. The van der Waals surface area contributed by atoms with E-state index in [0.29, 0.717) is 11.7 Å². The monoisotopic (exact) mass is 406 g/mol. The molecule has 1 atom stereocenters. The number of para-hydroxylation sites is 1. The van der Waals surface area contributed by atoms with Gasteiger partial charge in [0.25, 0.3) is 5.91 Å². The SMILES string of the molecule is CC(=NCc1ccc2c(c1)OCO2)[C@@H]1C(=O)N(c2nc3ccccc3s2)N=C1C. The molecule has 0 spiro atoms. The van der Waals surface area contributed by atoms with Crippen molar-refractivity contribution in [2.45, 2.75) is 20.4 Å². The Morgan fingerprint density at radius 3 is 2.93 bits per heavy atom. The van der Waals surface area contributed by atoms with Crippen molar-refractivity contribution in [2.24, 2.45) is 16.0 Å². The molecule has 8 heteroatoms. The Labute approximate surface area is 171 Å². The molecule has 0 saturated carbocycles. The second-order valence-electron chi connectivity index (χ2n) is 6.93. The molecule has 3 aromatic rings. The molecular formula is C21H18N4O3S. The van der Waals surface area contributed by atoms with E-state index in [0.717, 1.165) is 38.7 Å². The molecule has 5 rings (SSSR count). The lowest BCUT2D eigenvalue weighted by molar-refractivity contribution is -0.118. The van der Waals surface area contributed by atoms with Crippen molar-refractivity contribution in [3.05, 3.63) is 48.0 Å². The molecule has 0 N–H and O–H groups in total. The number of rotatable bonds is 4. The summed E-state index contributed by atoms with van der Waals surface area (Å²) >= 11 is 1.46. The van der Waals surface area contributed by atoms with Gasteiger partial charge >= 0.3 is 0 Å². The maximum Gasteiger partial charge on any atom is 0.264 e. The number of carbonyl (C=O) groups excluding carboxylic acids is 1. The molecule has 1 aromatic heterocycles. The van der Waals surface area contributed by atoms with Gasteiger partial charge in [-0.2, -0.15) is 10.1 Å². The molecule has 146 valence electrons. The number of anilines is 1. The number of amides is 1. The predicted molar refractivity (Wildman–Crippen MR) is 113 cm³/mol. The zero-order valence-corrected chi connectivity index (χ0v) is 16.8. The van der Waals surface area contributed by atoms with Crippen molar-refractivity contribution >= 4 is 44.0 Å². The van der Waals surface area contributed by atoms with Gasteiger partial charge in [0.1, 0.15) is 5.92 Å². The summed E-state index contributed by atoms with van der Waals surface area (Å²) in [6, 6.07) is 13.6. The van der Waals surface area contributed by atoms with E-state index in [4.69, 9.17) is 9.47 Å². The molecule has 29 heavy (non-hydrogen) atoms. The minimum absolute atomic E-state index is 0.117. The number of hydrogen-bond donors (Lipinski definition) is 0. The Balaban J connectivity index is 1.36. The minimum atomic E-state index is -0.462. The third kappa shape index (κ3) is 3.15. The van der Waals surface area contributed by atoms with Crippen LogP contribution in [0, 0.1) is 5.92 Å². The van der Waals surface area contributed by atoms with E-state index in [1.165, 1.54) is 16.3 Å². The Kier molecular flexibility index (Phi) is 4.28. The Bertz CT molecular complexity index is 1150. The van der Waals surface area contributed by atoms with Gasteiger partial charge in [-0.05, 0) is 43.7 Å². The number of carbonyl (C=O) groups is 1. The van der Waals surface area contributed by atoms with E-state index in [1.54, 1.807) is 0 Å². The molecule has 0 radical (unpaired) electrons. The van der Waals surface area contributed by atoms with Gasteiger partial charge in [-0.25, -0.2) is 4.98 Å². The summed E-state index contributed by atoms with van der Waals surface area (Å²) in [6.45, 7) is 4.43. The highest BCUT2D eigenvalue weighted by atomic mass is 32.1. The molecule has 0 saturated heterocycles. The average Bonchev–Trinajstić information content (AvgIpc) is 3.42. The first-order valence-electron chi connectivity index (χ1n) is 9.24. The smallest absolute Gasteiger partial charge is 0.264 e. The quantitative estimate of drug-likeness (QED) is 0.613. The maximum absolute atomic E-state index is 13.1. The van der Waals surface area contributed by atoms with Gasteiger partial charge in [-0.3, -0.25) is 9.79 Å². The highest BCUT2D eigenvalue weighted by Gasteiger charge is 2.37. The van der Waals surface area contributed by atoms with E-state index in [2.05, 4.69) is 15.1 Å². The molecule has 2 aliphatic heterocycles. The molecule has 0 fully saturated rings. The Hall–Kier alpha value is -3.26. The lowest BCUT2D eigenvalue weighted by atomic mass is 9.99. The third-order valence-corrected chi connectivity index (χ3v) is 5.97. The standard InChI is InChI=1S/C21H18N4O3S/c1-12(22-10-14-7-8-16-17(9-14)28-11-27-16)19-13(2)24-25(20(19)26)21-23-15-5-3-4-6-18(15)29-21/h3-9,19H,10-11H2,1-2H3/t19-/m0/s1. The van der Waals surface area contributed by atoms with Crippen LogP contribution >= 0.6 is 11.3 Å². The topological polar surface area (TPSA) is 76.4 Å². The van der Waals surface area contributed by atoms with Crippen LogP contribution in [0.5, 0.6) is 11.5 Å². The number of ether oxygens (including phenoxy) is 2. The third-order valence-electron chi connectivity index (χ3n) is 4.96. The Morgan fingerprint density at radius 2 is 2.07 bits per heavy atom. The van der Waals surface area contributed by atoms with Crippen molar-refractivity contribution in [3.8, 4) is 11.5 Å². The number of nitrogens with zero attached hydrogens (tertiary/aromatic N) is 4. The van der Waals surface area contributed by atoms with Crippen LogP contribution in [0.25, 0.3) is 10.2 Å². The highest BCUT2D eigenvalue weighted by molar-refractivity contribution is 7.22. The first-order valence-corrected chi connectivity index (χ1v) is 10.1.